The van der Waals surface area contributed by atoms with Gasteiger partial charge in [-0.15, -0.1) is 0 Å². The summed E-state index contributed by atoms with van der Waals surface area (Å²) in [5, 5.41) is 3.00. The third-order valence-corrected chi connectivity index (χ3v) is 14.0. The summed E-state index contributed by atoms with van der Waals surface area (Å²) in [6.45, 7) is 6.66. The van der Waals surface area contributed by atoms with Crippen LogP contribution in [0, 0.1) is 0 Å². The summed E-state index contributed by atoms with van der Waals surface area (Å²) in [4.78, 5) is 39.9. The van der Waals surface area contributed by atoms with E-state index in [-0.39, 0.29) is 31.3 Å². The van der Waals surface area contributed by atoms with Crippen LogP contribution in [0.25, 0.3) is 0 Å². The van der Waals surface area contributed by atoms with Crippen molar-refractivity contribution in [2.45, 2.75) is 264 Å². The molecule has 0 rings (SSSR count). The minimum atomic E-state index is -4.71. The highest BCUT2D eigenvalue weighted by atomic mass is 31.2. The van der Waals surface area contributed by atoms with E-state index in [1.165, 1.54) is 103 Å². The van der Waals surface area contributed by atoms with E-state index >= 15 is 0 Å². The van der Waals surface area contributed by atoms with Gasteiger partial charge in [0.25, 0.3) is 7.82 Å². The van der Waals surface area contributed by atoms with Crippen molar-refractivity contribution in [2.75, 3.05) is 40.9 Å². The van der Waals surface area contributed by atoms with Gasteiger partial charge in [0.1, 0.15) is 19.3 Å². The molecule has 10 heteroatoms. The molecule has 0 fully saturated rings. The van der Waals surface area contributed by atoms with Crippen molar-refractivity contribution in [1.29, 1.82) is 0 Å². The number of phosphoric ester groups is 1. The number of allylic oxidation sites excluding steroid dienone is 15. The number of hydrogen-bond acceptors (Lipinski definition) is 7. The number of nitrogens with zero attached hydrogens (tertiary/aromatic N) is 1. The third kappa shape index (κ3) is 55.5. The van der Waals surface area contributed by atoms with Crippen LogP contribution >= 0.6 is 7.82 Å². The lowest BCUT2D eigenvalue weighted by atomic mass is 10.0. The van der Waals surface area contributed by atoms with E-state index in [1.807, 2.05) is 33.3 Å². The van der Waals surface area contributed by atoms with Gasteiger partial charge >= 0.3 is 5.97 Å². The van der Waals surface area contributed by atoms with Gasteiger partial charge in [-0.2, -0.15) is 0 Å². The summed E-state index contributed by atoms with van der Waals surface area (Å²) in [7, 11) is 1.15. The first-order valence-electron chi connectivity index (χ1n) is 30.5. The highest BCUT2D eigenvalue weighted by Crippen LogP contribution is 2.38. The van der Waals surface area contributed by atoms with Gasteiger partial charge in [0, 0.05) is 12.8 Å². The number of amides is 1. The molecule has 75 heavy (non-hydrogen) atoms. The summed E-state index contributed by atoms with van der Waals surface area (Å²) >= 11 is 0. The van der Waals surface area contributed by atoms with Crippen LogP contribution in [0.3, 0.4) is 0 Å². The maximum absolute atomic E-state index is 13.5. The number of rotatable bonds is 54. The van der Waals surface area contributed by atoms with Crippen LogP contribution in [0.4, 0.5) is 0 Å². The molecule has 0 saturated carbocycles. The zero-order valence-electron chi connectivity index (χ0n) is 49.2. The number of likely N-dealkylation sites (N-methyl/N-ethyl adjacent to an activating group) is 1. The smallest absolute Gasteiger partial charge is 0.306 e. The van der Waals surface area contributed by atoms with Gasteiger partial charge in [-0.05, 0) is 109 Å². The Morgan fingerprint density at radius 3 is 1.32 bits per heavy atom. The van der Waals surface area contributed by atoms with Crippen LogP contribution < -0.4 is 10.2 Å². The third-order valence-electron chi connectivity index (χ3n) is 13.0. The molecule has 1 N–H and O–H groups in total. The first kappa shape index (κ1) is 71.9. The minimum absolute atomic E-state index is 0.0345. The Bertz CT molecular complexity index is 1610. The molecule has 0 radical (unpaired) electrons. The SMILES string of the molecule is CC/C=C/C/C=C/C/C=C/C/C=C/CCCCCC(=O)NC(COP(=O)([O-])OCC[N+](C)(C)C)C(/C=C/CCCCCCCCCCCC)OC(=O)CCCCCCCCCC/C=C\C/C=C\C/C=C\CCCCC. The molecule has 1 amide bonds. The Balaban J connectivity index is 5.32. The van der Waals surface area contributed by atoms with Gasteiger partial charge in [0.15, 0.2) is 0 Å². The maximum Gasteiger partial charge on any atom is 0.306 e. The second-order valence-electron chi connectivity index (χ2n) is 21.5. The predicted octanol–water partition coefficient (Wildman–Crippen LogP) is 18.1. The van der Waals surface area contributed by atoms with E-state index < -0.39 is 26.6 Å². The van der Waals surface area contributed by atoms with Crippen molar-refractivity contribution in [3.05, 3.63) is 97.2 Å². The van der Waals surface area contributed by atoms with E-state index in [4.69, 9.17) is 13.8 Å². The number of hydrogen-bond donors (Lipinski definition) is 1. The van der Waals surface area contributed by atoms with Gasteiger partial charge in [0.05, 0.1) is 33.8 Å². The lowest BCUT2D eigenvalue weighted by molar-refractivity contribution is -0.870. The van der Waals surface area contributed by atoms with Gasteiger partial charge in [-0.3, -0.25) is 14.2 Å². The zero-order valence-corrected chi connectivity index (χ0v) is 50.1. The molecule has 0 bridgehead atoms. The average Bonchev–Trinajstić information content (AvgIpc) is 3.37. The van der Waals surface area contributed by atoms with E-state index in [0.29, 0.717) is 23.9 Å². The summed E-state index contributed by atoms with van der Waals surface area (Å²) in [5.41, 5.74) is 0. The Morgan fingerprint density at radius 2 is 0.853 bits per heavy atom. The molecule has 0 aliphatic carbocycles. The number of ether oxygens (including phenoxy) is 1. The van der Waals surface area contributed by atoms with Crippen LogP contribution in [-0.4, -0.2) is 69.4 Å². The molecule has 0 aliphatic rings. The van der Waals surface area contributed by atoms with Crippen molar-refractivity contribution in [1.82, 2.24) is 5.32 Å². The zero-order chi connectivity index (χ0) is 55.0. The second kappa shape index (κ2) is 54.3. The normalized spacial score (nSPS) is 14.4. The number of carbonyl (C=O) groups excluding carboxylic acids is 2. The van der Waals surface area contributed by atoms with Crippen molar-refractivity contribution >= 4 is 19.7 Å². The Hall–Kier alpha value is -3.07. The van der Waals surface area contributed by atoms with Crippen molar-refractivity contribution < 1.29 is 37.3 Å². The molecule has 0 spiro atoms. The molecule has 0 saturated heterocycles. The van der Waals surface area contributed by atoms with Gasteiger partial charge in [-0.1, -0.05) is 227 Å². The fourth-order valence-electron chi connectivity index (χ4n) is 8.28. The summed E-state index contributed by atoms with van der Waals surface area (Å²) < 4.78 is 30.3. The van der Waals surface area contributed by atoms with Crippen LogP contribution in [0.2, 0.25) is 0 Å². The van der Waals surface area contributed by atoms with Crippen LogP contribution in [0.1, 0.15) is 252 Å². The average molecular weight is 1070 g/mol. The fourth-order valence-corrected chi connectivity index (χ4v) is 9.01. The monoisotopic (exact) mass is 1070 g/mol. The molecule has 0 aliphatic heterocycles. The highest BCUT2D eigenvalue weighted by Gasteiger charge is 2.27. The molecule has 0 heterocycles. The number of carbonyl (C=O) groups is 2. The predicted molar refractivity (Wildman–Crippen MR) is 321 cm³/mol. The Kier molecular flexibility index (Phi) is 52.1. The summed E-state index contributed by atoms with van der Waals surface area (Å²) in [6.07, 6.45) is 72.3. The molecule has 0 aromatic carbocycles. The van der Waals surface area contributed by atoms with Crippen molar-refractivity contribution in [3.63, 3.8) is 0 Å². The van der Waals surface area contributed by atoms with E-state index in [9.17, 15) is 19.0 Å². The van der Waals surface area contributed by atoms with Gasteiger partial charge in [0.2, 0.25) is 5.91 Å². The van der Waals surface area contributed by atoms with E-state index in [0.717, 1.165) is 103 Å². The minimum Gasteiger partial charge on any atom is -0.756 e. The molecule has 3 unspecified atom stereocenters. The number of quaternary nitrogens is 1. The largest absolute Gasteiger partial charge is 0.756 e. The van der Waals surface area contributed by atoms with Crippen LogP contribution in [0.15, 0.2) is 97.2 Å². The molecule has 3 atom stereocenters. The van der Waals surface area contributed by atoms with Gasteiger partial charge in [-0.25, -0.2) is 0 Å². The topological polar surface area (TPSA) is 114 Å². The standard InChI is InChI=1S/C65H115N2O7P/c1-7-10-13-16-19-22-25-28-30-32-33-34-35-36-38-40-43-46-49-52-55-58-65(69)74-63(56-53-50-47-44-41-27-24-21-18-15-12-9-3)62(61-73-75(70,71)72-60-59-67(4,5)6)66-64(68)57-54-51-48-45-42-39-37-31-29-26-23-20-17-14-11-8-2/h11,14,19-20,22-23,28-31,33-34,39,42,53,56,62-63H,7-10,12-13,15-18,21,24-27,32,35-38,40-41,43-52,54-55,57-61H2,1-6H3,(H-,66,68,70,71)/b14-11+,22-19-,23-20+,30-28-,31-29+,34-33-,42-39+,56-53+. The highest BCUT2D eigenvalue weighted by molar-refractivity contribution is 7.45. The number of nitrogens with one attached hydrogen (secondary N) is 1. The van der Waals surface area contributed by atoms with E-state index in [2.05, 4.69) is 111 Å². The van der Waals surface area contributed by atoms with Gasteiger partial charge < -0.3 is 28.5 Å². The molecule has 0 aromatic heterocycles. The molecular weight excluding hydrogens is 952 g/mol. The Morgan fingerprint density at radius 1 is 0.480 bits per heavy atom. The van der Waals surface area contributed by atoms with Crippen LogP contribution in [-0.2, 0) is 27.9 Å². The second-order valence-corrected chi connectivity index (χ2v) is 22.9. The summed E-state index contributed by atoms with van der Waals surface area (Å²) in [5.74, 6) is -0.590. The molecule has 432 valence electrons. The number of esters is 1. The first-order chi connectivity index (χ1) is 36.4. The lowest BCUT2D eigenvalue weighted by Gasteiger charge is -2.30. The molecule has 9 nitrogen and oxygen atoms in total. The van der Waals surface area contributed by atoms with Crippen molar-refractivity contribution in [2.24, 2.45) is 0 Å². The van der Waals surface area contributed by atoms with Crippen LogP contribution in [0.5, 0.6) is 0 Å². The quantitative estimate of drug-likeness (QED) is 0.0212. The number of unbranched alkanes of at least 4 members (excludes halogenated alkanes) is 24. The summed E-state index contributed by atoms with van der Waals surface area (Å²) in [6, 6.07) is -0.913. The van der Waals surface area contributed by atoms with E-state index in [1.54, 1.807) is 0 Å². The fraction of sp³-hybridized carbons (Fsp3) is 0.723. The molecule has 0 aromatic rings. The lowest BCUT2D eigenvalue weighted by Crippen LogP contribution is -2.47. The number of phosphoric acid groups is 1. The maximum atomic E-state index is 13.5. The molecular formula is C65H115N2O7P. The van der Waals surface area contributed by atoms with Crippen molar-refractivity contribution in [3.8, 4) is 0 Å². The first-order valence-corrected chi connectivity index (χ1v) is 32.0. The Labute approximate surface area is 462 Å².